The highest BCUT2D eigenvalue weighted by Gasteiger charge is 2.34. The van der Waals surface area contributed by atoms with E-state index in [-0.39, 0.29) is 28.5 Å². The fourth-order valence-corrected chi connectivity index (χ4v) is 3.47. The average Bonchev–Trinajstić information content (AvgIpc) is 2.87. The molecule has 3 rings (SSSR count). The van der Waals surface area contributed by atoms with Crippen LogP contribution in [0.2, 0.25) is 5.02 Å². The lowest BCUT2D eigenvalue weighted by Crippen LogP contribution is -2.49. The van der Waals surface area contributed by atoms with Gasteiger partial charge in [-0.1, -0.05) is 11.6 Å². The molecule has 0 fully saturated rings. The maximum Gasteiger partial charge on any atom is 0.168 e. The zero-order valence-electron chi connectivity index (χ0n) is 19.2. The topological polar surface area (TPSA) is 178 Å². The maximum absolute atomic E-state index is 14.4. The molecule has 36 heavy (non-hydrogen) atoms. The van der Waals surface area contributed by atoms with Gasteiger partial charge in [-0.25, -0.2) is 18.7 Å². The minimum atomic E-state index is -1.63. The van der Waals surface area contributed by atoms with Gasteiger partial charge in [-0.2, -0.15) is 0 Å². The molecule has 0 aliphatic carbocycles. The van der Waals surface area contributed by atoms with Crippen molar-refractivity contribution in [2.75, 3.05) is 32.8 Å². The van der Waals surface area contributed by atoms with Crippen molar-refractivity contribution in [2.24, 2.45) is 0 Å². The van der Waals surface area contributed by atoms with Crippen molar-refractivity contribution in [1.82, 2.24) is 9.97 Å². The van der Waals surface area contributed by atoms with E-state index in [1.165, 1.54) is 32.7 Å². The van der Waals surface area contributed by atoms with Crippen molar-refractivity contribution in [3.8, 4) is 11.5 Å². The Bertz CT molecular complexity index is 1170. The van der Waals surface area contributed by atoms with E-state index in [0.717, 1.165) is 12.1 Å². The summed E-state index contributed by atoms with van der Waals surface area (Å²) in [7, 11) is 2.59. The third-order valence-corrected chi connectivity index (χ3v) is 5.61. The highest BCUT2D eigenvalue weighted by molar-refractivity contribution is 6.31. The number of methoxy groups -OCH3 is 2. The number of aliphatic hydroxyl groups is 4. The number of benzene rings is 2. The van der Waals surface area contributed by atoms with Gasteiger partial charge in [0, 0.05) is 18.6 Å². The Morgan fingerprint density at radius 1 is 1.00 bits per heavy atom. The predicted octanol–water partition coefficient (Wildman–Crippen LogP) is 0.958. The molecule has 3 aromatic rings. The molecule has 1 aromatic heterocycles. The number of ether oxygens (including phenoxy) is 3. The first-order chi connectivity index (χ1) is 16.7. The van der Waals surface area contributed by atoms with Crippen molar-refractivity contribution in [2.45, 2.75) is 24.4 Å². The summed E-state index contributed by atoms with van der Waals surface area (Å²) in [5, 5.41) is 42.1. The molecule has 4 atom stereocenters. The van der Waals surface area contributed by atoms with Crippen molar-refractivity contribution in [3.63, 3.8) is 0 Å². The summed E-state index contributed by atoms with van der Waals surface area (Å²) in [6.07, 6.45) is -4.44. The lowest BCUT2D eigenvalue weighted by atomic mass is 10.0. The van der Waals surface area contributed by atoms with Gasteiger partial charge in [0.2, 0.25) is 0 Å². The normalized spacial score (nSPS) is 14.5. The summed E-state index contributed by atoms with van der Waals surface area (Å²) < 4.78 is 43.8. The minimum absolute atomic E-state index is 0. The van der Waals surface area contributed by atoms with E-state index in [0.29, 0.717) is 10.9 Å². The highest BCUT2D eigenvalue weighted by atomic mass is 35.5. The molecule has 2 aromatic carbocycles. The van der Waals surface area contributed by atoms with Gasteiger partial charge < -0.3 is 45.4 Å². The molecule has 0 saturated heterocycles. The first-order valence-electron chi connectivity index (χ1n) is 10.3. The second kappa shape index (κ2) is 12.9. The van der Waals surface area contributed by atoms with E-state index in [9.17, 15) is 29.2 Å². The molecule has 0 spiro atoms. The van der Waals surface area contributed by atoms with Gasteiger partial charge in [0.05, 0.1) is 31.5 Å². The van der Waals surface area contributed by atoms with Gasteiger partial charge in [-0.15, -0.1) is 0 Å². The summed E-state index contributed by atoms with van der Waals surface area (Å²) in [6.45, 7) is -1.26. The number of halogens is 3. The third-order valence-electron chi connectivity index (χ3n) is 5.26. The Labute approximate surface area is 209 Å². The second-order valence-electron chi connectivity index (χ2n) is 7.37. The first kappa shape index (κ1) is 29.3. The summed E-state index contributed by atoms with van der Waals surface area (Å²) in [4.78, 5) is 8.24. The highest BCUT2D eigenvalue weighted by Crippen LogP contribution is 2.36. The summed E-state index contributed by atoms with van der Waals surface area (Å²) in [6, 6.07) is 5.07. The van der Waals surface area contributed by atoms with E-state index < -0.39 is 54.3 Å². The smallest absolute Gasteiger partial charge is 0.168 e. The van der Waals surface area contributed by atoms with Gasteiger partial charge in [0.1, 0.15) is 41.3 Å². The van der Waals surface area contributed by atoms with Gasteiger partial charge in [-0.05, 0) is 18.2 Å². The average molecular weight is 534 g/mol. The molecule has 0 bridgehead atoms. The maximum atomic E-state index is 14.4. The first-order valence-corrected chi connectivity index (χ1v) is 10.6. The molecule has 198 valence electrons. The minimum Gasteiger partial charge on any atom is -0.493 e. The van der Waals surface area contributed by atoms with Gasteiger partial charge in [0.25, 0.3) is 0 Å². The Kier molecular flexibility index (Phi) is 10.5. The fraction of sp³-hybridized carbons (Fsp3) is 0.364. The van der Waals surface area contributed by atoms with Crippen LogP contribution in [0, 0.1) is 11.6 Å². The molecular formula is C22H26ClF2N3O8. The summed E-state index contributed by atoms with van der Waals surface area (Å²) in [5.74, 6) is -1.56. The number of anilines is 2. The van der Waals surface area contributed by atoms with Crippen LogP contribution in [0.25, 0.3) is 10.9 Å². The Morgan fingerprint density at radius 3 is 2.28 bits per heavy atom. The van der Waals surface area contributed by atoms with Gasteiger partial charge in [-0.3, -0.25) is 0 Å². The van der Waals surface area contributed by atoms with Crippen LogP contribution in [-0.4, -0.2) is 87.7 Å². The van der Waals surface area contributed by atoms with Crippen molar-refractivity contribution < 1.29 is 48.9 Å². The van der Waals surface area contributed by atoms with E-state index in [1.807, 2.05) is 0 Å². The standard InChI is InChI=1S/C22H24ClF2N3O7.H2O/c1-33-14-5-10-13(6-15(14)35-17(8-30)21(32)20(31)16(7-29)34-2)26-9-27-22(10)28-12-4-3-11(24)18(23)19(12)25;/h3-6,9,16-17,20-21,29-32H,7-8H2,1-2H3,(H,26,27,28);1H2/t16-,17-,20+,21+;/m0./s1. The fourth-order valence-electron chi connectivity index (χ4n) is 3.31. The molecule has 0 radical (unpaired) electrons. The molecule has 11 nitrogen and oxygen atoms in total. The van der Waals surface area contributed by atoms with Crippen molar-refractivity contribution in [3.05, 3.63) is 47.2 Å². The molecule has 1 heterocycles. The van der Waals surface area contributed by atoms with Crippen LogP contribution in [0.15, 0.2) is 30.6 Å². The molecule has 0 saturated carbocycles. The molecule has 7 N–H and O–H groups in total. The Morgan fingerprint density at radius 2 is 1.67 bits per heavy atom. The Hall–Kier alpha value is -2.91. The number of aromatic nitrogens is 2. The molecule has 0 aliphatic rings. The Balaban J connectivity index is 0.00000456. The zero-order chi connectivity index (χ0) is 25.7. The van der Waals surface area contributed by atoms with Gasteiger partial charge >= 0.3 is 0 Å². The number of fused-ring (bicyclic) bond motifs is 1. The molecule has 0 aliphatic heterocycles. The molecule has 14 heteroatoms. The zero-order valence-corrected chi connectivity index (χ0v) is 19.9. The summed E-state index contributed by atoms with van der Waals surface area (Å²) in [5.41, 5.74) is 0.188. The lowest BCUT2D eigenvalue weighted by Gasteiger charge is -2.30. The SMILES string of the molecule is COc1cc2c(Nc3ccc(F)c(Cl)c3F)ncnc2cc1O[C@@H](CO)[C@@H](O)[C@H](O)[C@H](CO)OC.O. The number of nitrogens with zero attached hydrogens (tertiary/aromatic N) is 2. The number of hydrogen-bond acceptors (Lipinski definition) is 10. The van der Waals surface area contributed by atoms with E-state index >= 15 is 0 Å². The van der Waals surface area contributed by atoms with Crippen LogP contribution in [0.5, 0.6) is 11.5 Å². The van der Waals surface area contributed by atoms with E-state index in [1.54, 1.807) is 0 Å². The number of aliphatic hydroxyl groups excluding tert-OH is 4. The second-order valence-corrected chi connectivity index (χ2v) is 7.75. The number of hydrogen-bond donors (Lipinski definition) is 5. The summed E-state index contributed by atoms with van der Waals surface area (Å²) >= 11 is 5.64. The van der Waals surface area contributed by atoms with Crippen LogP contribution in [0.4, 0.5) is 20.3 Å². The van der Waals surface area contributed by atoms with Gasteiger partial charge in [0.15, 0.2) is 23.4 Å². The van der Waals surface area contributed by atoms with Crippen LogP contribution < -0.4 is 14.8 Å². The number of rotatable bonds is 11. The van der Waals surface area contributed by atoms with Crippen LogP contribution in [0.1, 0.15) is 0 Å². The molecular weight excluding hydrogens is 508 g/mol. The van der Waals surface area contributed by atoms with Crippen LogP contribution >= 0.6 is 11.6 Å². The predicted molar refractivity (Wildman–Crippen MR) is 126 cm³/mol. The number of nitrogens with one attached hydrogen (secondary N) is 1. The monoisotopic (exact) mass is 533 g/mol. The van der Waals surface area contributed by atoms with Crippen molar-refractivity contribution in [1.29, 1.82) is 0 Å². The lowest BCUT2D eigenvalue weighted by molar-refractivity contribution is -0.127. The molecule has 0 unspecified atom stereocenters. The largest absolute Gasteiger partial charge is 0.493 e. The third kappa shape index (κ3) is 6.07. The quantitative estimate of drug-likeness (QED) is 0.223. The van der Waals surface area contributed by atoms with E-state index in [4.69, 9.17) is 25.8 Å². The molecule has 0 amide bonds. The van der Waals surface area contributed by atoms with Crippen molar-refractivity contribution >= 4 is 34.0 Å². The van der Waals surface area contributed by atoms with Crippen LogP contribution in [-0.2, 0) is 4.74 Å². The van der Waals surface area contributed by atoms with E-state index in [2.05, 4.69) is 15.3 Å². The van der Waals surface area contributed by atoms with Crippen LogP contribution in [0.3, 0.4) is 0 Å².